The number of rotatable bonds is 4. The highest BCUT2D eigenvalue weighted by Crippen LogP contribution is 2.29. The number of likely N-dealkylation sites (tertiary alicyclic amines) is 1. The molecule has 23 heavy (non-hydrogen) atoms. The van der Waals surface area contributed by atoms with Gasteiger partial charge in [-0.25, -0.2) is 4.98 Å². The van der Waals surface area contributed by atoms with E-state index in [9.17, 15) is 0 Å². The van der Waals surface area contributed by atoms with Crippen LogP contribution < -0.4 is 0 Å². The SMILES string of the molecule is Cc1ccc(-c2[nH]ncc2CN2CCC(c3nccn3C)C2)o1. The summed E-state index contributed by atoms with van der Waals surface area (Å²) in [7, 11) is 2.07. The quantitative estimate of drug-likeness (QED) is 0.804. The van der Waals surface area contributed by atoms with Gasteiger partial charge in [-0.15, -0.1) is 0 Å². The Morgan fingerprint density at radius 2 is 2.30 bits per heavy atom. The predicted octanol–water partition coefficient (Wildman–Crippen LogP) is 2.70. The van der Waals surface area contributed by atoms with Crippen molar-refractivity contribution >= 4 is 0 Å². The number of nitrogens with zero attached hydrogens (tertiary/aromatic N) is 4. The van der Waals surface area contributed by atoms with Crippen LogP contribution in [0.15, 0.2) is 35.1 Å². The first kappa shape index (κ1) is 14.3. The van der Waals surface area contributed by atoms with Crippen LogP contribution in [0.2, 0.25) is 0 Å². The molecule has 6 nitrogen and oxygen atoms in total. The van der Waals surface area contributed by atoms with Crippen LogP contribution in [0.25, 0.3) is 11.5 Å². The van der Waals surface area contributed by atoms with Crippen LogP contribution in [-0.4, -0.2) is 37.7 Å². The van der Waals surface area contributed by atoms with Gasteiger partial charge in [0.15, 0.2) is 5.76 Å². The first-order valence-corrected chi connectivity index (χ1v) is 7.99. The summed E-state index contributed by atoms with van der Waals surface area (Å²) < 4.78 is 7.85. The summed E-state index contributed by atoms with van der Waals surface area (Å²) in [6.45, 7) is 4.95. The normalized spacial score (nSPS) is 18.8. The van der Waals surface area contributed by atoms with E-state index in [1.54, 1.807) is 0 Å². The Kier molecular flexibility index (Phi) is 3.53. The van der Waals surface area contributed by atoms with Crippen LogP contribution in [0.3, 0.4) is 0 Å². The highest BCUT2D eigenvalue weighted by molar-refractivity contribution is 5.56. The molecule has 3 aromatic heterocycles. The molecule has 1 saturated heterocycles. The van der Waals surface area contributed by atoms with Crippen molar-refractivity contribution < 1.29 is 4.42 Å². The molecule has 0 radical (unpaired) electrons. The van der Waals surface area contributed by atoms with E-state index in [-0.39, 0.29) is 0 Å². The van der Waals surface area contributed by atoms with Crippen molar-refractivity contribution in [2.75, 3.05) is 13.1 Å². The van der Waals surface area contributed by atoms with Gasteiger partial charge in [-0.2, -0.15) is 5.10 Å². The van der Waals surface area contributed by atoms with Gasteiger partial charge < -0.3 is 8.98 Å². The molecule has 0 saturated carbocycles. The van der Waals surface area contributed by atoms with Gasteiger partial charge in [0.1, 0.15) is 17.3 Å². The van der Waals surface area contributed by atoms with Crippen LogP contribution >= 0.6 is 0 Å². The molecule has 120 valence electrons. The molecule has 4 heterocycles. The summed E-state index contributed by atoms with van der Waals surface area (Å²) in [5, 5.41) is 7.28. The molecule has 0 spiro atoms. The van der Waals surface area contributed by atoms with E-state index < -0.39 is 0 Å². The molecular formula is C17H21N5O. The van der Waals surface area contributed by atoms with Gasteiger partial charge in [-0.05, 0) is 32.0 Å². The van der Waals surface area contributed by atoms with Gasteiger partial charge >= 0.3 is 0 Å². The second kappa shape index (κ2) is 5.70. The zero-order valence-corrected chi connectivity index (χ0v) is 13.5. The van der Waals surface area contributed by atoms with E-state index in [2.05, 4.69) is 31.7 Å². The Morgan fingerprint density at radius 1 is 1.39 bits per heavy atom. The highest BCUT2D eigenvalue weighted by Gasteiger charge is 2.27. The van der Waals surface area contributed by atoms with Crippen molar-refractivity contribution in [3.8, 4) is 11.5 Å². The molecule has 1 fully saturated rings. The molecule has 3 aromatic rings. The van der Waals surface area contributed by atoms with E-state index in [0.29, 0.717) is 5.92 Å². The summed E-state index contributed by atoms with van der Waals surface area (Å²) in [4.78, 5) is 6.96. The number of furan rings is 1. The average molecular weight is 311 g/mol. The fourth-order valence-corrected chi connectivity index (χ4v) is 3.41. The fourth-order valence-electron chi connectivity index (χ4n) is 3.41. The van der Waals surface area contributed by atoms with E-state index in [0.717, 1.165) is 43.3 Å². The third kappa shape index (κ3) is 2.70. The number of aromatic nitrogens is 4. The summed E-state index contributed by atoms with van der Waals surface area (Å²) >= 11 is 0. The summed E-state index contributed by atoms with van der Waals surface area (Å²) in [6, 6.07) is 3.97. The molecule has 1 atom stereocenters. The number of nitrogens with one attached hydrogen (secondary N) is 1. The van der Waals surface area contributed by atoms with Crippen LogP contribution in [0, 0.1) is 6.92 Å². The Balaban J connectivity index is 1.48. The van der Waals surface area contributed by atoms with Crippen molar-refractivity contribution in [2.45, 2.75) is 25.8 Å². The molecule has 4 rings (SSSR count). The zero-order valence-electron chi connectivity index (χ0n) is 13.5. The average Bonchev–Trinajstić information content (AvgIpc) is 3.27. The van der Waals surface area contributed by atoms with Gasteiger partial charge in [-0.3, -0.25) is 10.00 Å². The third-order valence-electron chi connectivity index (χ3n) is 4.59. The van der Waals surface area contributed by atoms with Crippen molar-refractivity contribution in [1.29, 1.82) is 0 Å². The second-order valence-corrected chi connectivity index (χ2v) is 6.30. The maximum absolute atomic E-state index is 5.73. The lowest BCUT2D eigenvalue weighted by molar-refractivity contribution is 0.325. The molecule has 0 amide bonds. The van der Waals surface area contributed by atoms with Crippen LogP contribution in [0.5, 0.6) is 0 Å². The number of imidazole rings is 1. The minimum absolute atomic E-state index is 0.510. The van der Waals surface area contributed by atoms with Gasteiger partial charge in [0.2, 0.25) is 0 Å². The molecule has 0 aliphatic carbocycles. The molecule has 1 unspecified atom stereocenters. The number of aromatic amines is 1. The fraction of sp³-hybridized carbons (Fsp3) is 0.412. The number of hydrogen-bond donors (Lipinski definition) is 1. The van der Waals surface area contributed by atoms with E-state index in [1.807, 2.05) is 37.6 Å². The third-order valence-corrected chi connectivity index (χ3v) is 4.59. The monoisotopic (exact) mass is 311 g/mol. The minimum atomic E-state index is 0.510. The zero-order chi connectivity index (χ0) is 15.8. The van der Waals surface area contributed by atoms with E-state index >= 15 is 0 Å². The summed E-state index contributed by atoms with van der Waals surface area (Å²) in [6.07, 6.45) is 6.95. The molecular weight excluding hydrogens is 290 g/mol. The molecule has 0 aromatic carbocycles. The lowest BCUT2D eigenvalue weighted by Crippen LogP contribution is -2.20. The number of H-pyrrole nitrogens is 1. The number of aryl methyl sites for hydroxylation is 2. The predicted molar refractivity (Wildman–Crippen MR) is 86.9 cm³/mol. The Bertz CT molecular complexity index is 799. The van der Waals surface area contributed by atoms with Crippen molar-refractivity contribution in [3.63, 3.8) is 0 Å². The van der Waals surface area contributed by atoms with E-state index in [4.69, 9.17) is 4.42 Å². The van der Waals surface area contributed by atoms with Gasteiger partial charge in [-0.1, -0.05) is 0 Å². The summed E-state index contributed by atoms with van der Waals surface area (Å²) in [5.41, 5.74) is 2.17. The molecule has 1 N–H and O–H groups in total. The second-order valence-electron chi connectivity index (χ2n) is 6.30. The van der Waals surface area contributed by atoms with Gasteiger partial charge in [0, 0.05) is 44.0 Å². The molecule has 1 aliphatic rings. The Labute approximate surface area is 135 Å². The topological polar surface area (TPSA) is 62.9 Å². The first-order chi connectivity index (χ1) is 11.2. The van der Waals surface area contributed by atoms with Crippen molar-refractivity contribution in [3.05, 3.63) is 47.9 Å². The van der Waals surface area contributed by atoms with Crippen LogP contribution in [-0.2, 0) is 13.6 Å². The maximum Gasteiger partial charge on any atom is 0.152 e. The van der Waals surface area contributed by atoms with Gasteiger partial charge in [0.05, 0.1) is 6.20 Å². The lowest BCUT2D eigenvalue weighted by Gasteiger charge is -2.15. The molecule has 6 heteroatoms. The lowest BCUT2D eigenvalue weighted by atomic mass is 10.1. The minimum Gasteiger partial charge on any atom is -0.460 e. The Hall–Kier alpha value is -2.34. The molecule has 1 aliphatic heterocycles. The maximum atomic E-state index is 5.73. The molecule has 0 bridgehead atoms. The van der Waals surface area contributed by atoms with Crippen LogP contribution in [0.4, 0.5) is 0 Å². The standard InChI is InChI=1S/C17H21N5O/c1-12-3-4-15(23-12)16-14(9-19-20-16)11-22-7-5-13(10-22)17-18-6-8-21(17)2/h3-4,6,8-9,13H,5,7,10-11H2,1-2H3,(H,19,20). The number of hydrogen-bond acceptors (Lipinski definition) is 4. The van der Waals surface area contributed by atoms with Crippen molar-refractivity contribution in [2.24, 2.45) is 7.05 Å². The largest absolute Gasteiger partial charge is 0.460 e. The van der Waals surface area contributed by atoms with Crippen molar-refractivity contribution in [1.82, 2.24) is 24.6 Å². The first-order valence-electron chi connectivity index (χ1n) is 7.99. The summed E-state index contributed by atoms with van der Waals surface area (Å²) in [5.74, 6) is 3.46. The van der Waals surface area contributed by atoms with Gasteiger partial charge in [0.25, 0.3) is 0 Å². The van der Waals surface area contributed by atoms with Crippen LogP contribution in [0.1, 0.15) is 29.5 Å². The highest BCUT2D eigenvalue weighted by atomic mass is 16.3. The smallest absolute Gasteiger partial charge is 0.152 e. The van der Waals surface area contributed by atoms with E-state index in [1.165, 1.54) is 11.4 Å². The Morgan fingerprint density at radius 3 is 3.04 bits per heavy atom.